The van der Waals surface area contributed by atoms with Crippen LogP contribution in [0.25, 0.3) is 0 Å². The Kier molecular flexibility index (Phi) is 4.31. The molecule has 0 spiro atoms. The predicted molar refractivity (Wildman–Crippen MR) is 69.2 cm³/mol. The van der Waals surface area contributed by atoms with Gasteiger partial charge in [0, 0.05) is 19.8 Å². The molecule has 0 aromatic heterocycles. The zero-order chi connectivity index (χ0) is 13.9. The Labute approximate surface area is 107 Å². The number of hydrogen-bond acceptors (Lipinski definition) is 4. The molecule has 0 saturated heterocycles. The Bertz CT molecular complexity index is 469. The predicted octanol–water partition coefficient (Wildman–Crippen LogP) is 1.21. The number of likely N-dealkylation sites (N-methyl/N-ethyl adjacent to an activating group) is 1. The molecule has 18 heavy (non-hydrogen) atoms. The molecule has 0 aliphatic heterocycles. The first-order valence-corrected chi connectivity index (χ1v) is 5.61. The fraction of sp³-hybridized carbons (Fsp3) is 0.385. The maximum atomic E-state index is 11.9. The number of nitrogens with zero attached hydrogens (tertiary/aromatic N) is 1. The van der Waals surface area contributed by atoms with E-state index in [0.29, 0.717) is 5.69 Å². The lowest BCUT2D eigenvalue weighted by Crippen LogP contribution is -2.35. The first kappa shape index (κ1) is 14.0. The molecule has 1 amide bonds. The number of carbonyl (C=O) groups is 2. The van der Waals surface area contributed by atoms with Crippen molar-refractivity contribution in [2.75, 3.05) is 19.8 Å². The number of para-hydroxylation sites is 1. The molecule has 5 nitrogen and oxygen atoms in total. The molecular formula is C13H18N2O3. The Balaban J connectivity index is 2.83. The summed E-state index contributed by atoms with van der Waals surface area (Å²) in [5.74, 6) is -0.853. The molecule has 0 aliphatic carbocycles. The normalized spacial score (nSPS) is 11.8. The van der Waals surface area contributed by atoms with Crippen LogP contribution in [0.2, 0.25) is 0 Å². The number of anilines is 1. The maximum absolute atomic E-state index is 11.9. The van der Waals surface area contributed by atoms with Gasteiger partial charge in [0.1, 0.15) is 0 Å². The van der Waals surface area contributed by atoms with Crippen LogP contribution < -0.4 is 5.73 Å². The van der Waals surface area contributed by atoms with Crippen molar-refractivity contribution in [3.63, 3.8) is 0 Å². The summed E-state index contributed by atoms with van der Waals surface area (Å²) in [6.07, 6.45) is -0.826. The standard InChI is InChI=1S/C13H18N2O3/c1-8-6-5-7-10(11(8)14)13(17)18-9(2)12(16)15(3)4/h5-7,9H,14H2,1-4H3. The van der Waals surface area contributed by atoms with E-state index in [1.54, 1.807) is 39.2 Å². The van der Waals surface area contributed by atoms with Crippen LogP contribution in [-0.4, -0.2) is 37.0 Å². The van der Waals surface area contributed by atoms with Gasteiger partial charge in [0.15, 0.2) is 6.10 Å². The first-order valence-electron chi connectivity index (χ1n) is 5.61. The fourth-order valence-corrected chi connectivity index (χ4v) is 1.50. The van der Waals surface area contributed by atoms with Gasteiger partial charge in [-0.25, -0.2) is 4.79 Å². The maximum Gasteiger partial charge on any atom is 0.341 e. The van der Waals surface area contributed by atoms with E-state index in [2.05, 4.69) is 0 Å². The first-order chi connectivity index (χ1) is 8.34. The third-order valence-electron chi connectivity index (χ3n) is 2.62. The van der Waals surface area contributed by atoms with Gasteiger partial charge in [-0.1, -0.05) is 12.1 Å². The molecule has 0 heterocycles. The van der Waals surface area contributed by atoms with Gasteiger partial charge in [0.25, 0.3) is 5.91 Å². The van der Waals surface area contributed by atoms with E-state index in [1.807, 2.05) is 0 Å². The molecular weight excluding hydrogens is 232 g/mol. The van der Waals surface area contributed by atoms with Gasteiger partial charge in [0.2, 0.25) is 0 Å². The average molecular weight is 250 g/mol. The van der Waals surface area contributed by atoms with Crippen LogP contribution in [0.4, 0.5) is 5.69 Å². The number of benzene rings is 1. The number of hydrogen-bond donors (Lipinski definition) is 1. The number of aryl methyl sites for hydroxylation is 1. The highest BCUT2D eigenvalue weighted by atomic mass is 16.5. The van der Waals surface area contributed by atoms with Crippen LogP contribution in [-0.2, 0) is 9.53 Å². The molecule has 2 N–H and O–H groups in total. The Hall–Kier alpha value is -2.04. The third-order valence-corrected chi connectivity index (χ3v) is 2.62. The van der Waals surface area contributed by atoms with Gasteiger partial charge in [-0.05, 0) is 25.5 Å². The lowest BCUT2D eigenvalue weighted by molar-refractivity contribution is -0.137. The van der Waals surface area contributed by atoms with Crippen molar-refractivity contribution in [2.45, 2.75) is 20.0 Å². The van der Waals surface area contributed by atoms with Crippen molar-refractivity contribution in [3.8, 4) is 0 Å². The van der Waals surface area contributed by atoms with E-state index in [9.17, 15) is 9.59 Å². The minimum absolute atomic E-state index is 0.269. The van der Waals surface area contributed by atoms with E-state index in [4.69, 9.17) is 10.5 Å². The van der Waals surface area contributed by atoms with Gasteiger partial charge >= 0.3 is 5.97 Å². The third kappa shape index (κ3) is 3.00. The molecule has 5 heteroatoms. The molecule has 1 aromatic rings. The molecule has 1 aromatic carbocycles. The van der Waals surface area contributed by atoms with Crippen molar-refractivity contribution in [2.24, 2.45) is 0 Å². The number of ether oxygens (including phenoxy) is 1. The van der Waals surface area contributed by atoms with E-state index >= 15 is 0 Å². The Morgan fingerprint density at radius 2 is 1.94 bits per heavy atom. The van der Waals surface area contributed by atoms with Gasteiger partial charge in [-0.2, -0.15) is 0 Å². The molecule has 1 unspecified atom stereocenters. The molecule has 98 valence electrons. The number of nitrogens with two attached hydrogens (primary N) is 1. The lowest BCUT2D eigenvalue weighted by Gasteiger charge is -2.17. The Morgan fingerprint density at radius 1 is 1.33 bits per heavy atom. The van der Waals surface area contributed by atoms with Crippen LogP contribution in [0.5, 0.6) is 0 Å². The van der Waals surface area contributed by atoms with Gasteiger partial charge in [0.05, 0.1) is 5.56 Å². The quantitative estimate of drug-likeness (QED) is 0.646. The second kappa shape index (κ2) is 5.53. The average Bonchev–Trinajstić information content (AvgIpc) is 2.31. The topological polar surface area (TPSA) is 72.6 Å². The fourth-order valence-electron chi connectivity index (χ4n) is 1.50. The van der Waals surface area contributed by atoms with E-state index < -0.39 is 12.1 Å². The number of rotatable bonds is 3. The summed E-state index contributed by atoms with van der Waals surface area (Å²) in [4.78, 5) is 24.8. The molecule has 1 rings (SSSR count). The summed E-state index contributed by atoms with van der Waals surface area (Å²) in [6.45, 7) is 3.34. The van der Waals surface area contributed by atoms with E-state index in [-0.39, 0.29) is 11.5 Å². The molecule has 0 radical (unpaired) electrons. The van der Waals surface area contributed by atoms with Gasteiger partial charge in [-0.15, -0.1) is 0 Å². The lowest BCUT2D eigenvalue weighted by atomic mass is 10.1. The highest BCUT2D eigenvalue weighted by Crippen LogP contribution is 2.18. The van der Waals surface area contributed by atoms with Gasteiger partial charge in [-0.3, -0.25) is 4.79 Å². The van der Waals surface area contributed by atoms with Crippen LogP contribution in [0.3, 0.4) is 0 Å². The smallest absolute Gasteiger partial charge is 0.341 e. The van der Waals surface area contributed by atoms with Crippen molar-refractivity contribution in [3.05, 3.63) is 29.3 Å². The zero-order valence-electron chi connectivity index (χ0n) is 11.1. The highest BCUT2D eigenvalue weighted by molar-refractivity contribution is 5.97. The van der Waals surface area contributed by atoms with Crippen LogP contribution in [0.1, 0.15) is 22.8 Å². The SMILES string of the molecule is Cc1cccc(C(=O)OC(C)C(=O)N(C)C)c1N. The van der Waals surface area contributed by atoms with E-state index in [0.717, 1.165) is 5.56 Å². The molecule has 0 fully saturated rings. The summed E-state index contributed by atoms with van der Waals surface area (Å²) in [7, 11) is 3.21. The van der Waals surface area contributed by atoms with Crippen molar-refractivity contribution >= 4 is 17.6 Å². The van der Waals surface area contributed by atoms with E-state index in [1.165, 1.54) is 11.8 Å². The monoisotopic (exact) mass is 250 g/mol. The minimum atomic E-state index is -0.826. The number of esters is 1. The summed E-state index contributed by atoms with van der Waals surface area (Å²) in [5, 5.41) is 0. The summed E-state index contributed by atoms with van der Waals surface area (Å²) < 4.78 is 5.09. The summed E-state index contributed by atoms with van der Waals surface area (Å²) in [6, 6.07) is 5.11. The van der Waals surface area contributed by atoms with Crippen LogP contribution in [0, 0.1) is 6.92 Å². The largest absolute Gasteiger partial charge is 0.449 e. The summed E-state index contributed by atoms with van der Waals surface area (Å²) >= 11 is 0. The zero-order valence-corrected chi connectivity index (χ0v) is 11.1. The molecule has 0 saturated carbocycles. The number of nitrogen functional groups attached to an aromatic ring is 1. The highest BCUT2D eigenvalue weighted by Gasteiger charge is 2.21. The second-order valence-corrected chi connectivity index (χ2v) is 4.32. The molecule has 0 bridgehead atoms. The molecule has 0 aliphatic rings. The summed E-state index contributed by atoms with van der Waals surface area (Å²) in [5.41, 5.74) is 7.27. The van der Waals surface area contributed by atoms with Crippen LogP contribution in [0.15, 0.2) is 18.2 Å². The van der Waals surface area contributed by atoms with Crippen molar-refractivity contribution < 1.29 is 14.3 Å². The Morgan fingerprint density at radius 3 is 2.50 bits per heavy atom. The number of carbonyl (C=O) groups excluding carboxylic acids is 2. The van der Waals surface area contributed by atoms with Crippen LogP contribution >= 0.6 is 0 Å². The van der Waals surface area contributed by atoms with Gasteiger partial charge < -0.3 is 15.4 Å². The molecule has 1 atom stereocenters. The van der Waals surface area contributed by atoms with Crippen molar-refractivity contribution in [1.82, 2.24) is 4.90 Å². The number of amides is 1. The second-order valence-electron chi connectivity index (χ2n) is 4.32. The minimum Gasteiger partial charge on any atom is -0.449 e. The van der Waals surface area contributed by atoms with Crippen molar-refractivity contribution in [1.29, 1.82) is 0 Å².